The summed E-state index contributed by atoms with van der Waals surface area (Å²) in [5, 5.41) is 7.22. The maximum atomic E-state index is 11.8. The summed E-state index contributed by atoms with van der Waals surface area (Å²) in [5.74, 6) is -0.346. The number of nitrogen functional groups attached to an aromatic ring is 1. The molecule has 1 amide bonds. The number of halogens is 2. The number of nitrogens with two attached hydrogens (primary N) is 1. The van der Waals surface area contributed by atoms with Crippen LogP contribution in [0.2, 0.25) is 10.0 Å². The molecule has 0 aliphatic carbocycles. The second-order valence-electron chi connectivity index (χ2n) is 3.10. The van der Waals surface area contributed by atoms with Crippen LogP contribution >= 0.6 is 34.7 Å². The van der Waals surface area contributed by atoms with Gasteiger partial charge in [-0.25, -0.2) is 0 Å². The van der Waals surface area contributed by atoms with Gasteiger partial charge in [-0.3, -0.25) is 4.79 Å². The van der Waals surface area contributed by atoms with Crippen molar-refractivity contribution in [3.63, 3.8) is 0 Å². The first-order valence-electron chi connectivity index (χ1n) is 4.41. The Hall–Kier alpha value is -1.37. The fraction of sp³-hybridized carbons (Fsp3) is 0. The molecule has 0 spiro atoms. The summed E-state index contributed by atoms with van der Waals surface area (Å²) < 4.78 is 3.62. The zero-order valence-corrected chi connectivity index (χ0v) is 10.6. The van der Waals surface area contributed by atoms with Crippen molar-refractivity contribution >= 4 is 51.3 Å². The lowest BCUT2D eigenvalue weighted by Gasteiger charge is -2.05. The number of rotatable bonds is 2. The number of amides is 1. The lowest BCUT2D eigenvalue weighted by Crippen LogP contribution is -2.11. The van der Waals surface area contributed by atoms with Crippen LogP contribution in [0.1, 0.15) is 10.4 Å². The van der Waals surface area contributed by atoms with Crippen LogP contribution in [0.4, 0.5) is 10.7 Å². The predicted octanol–water partition coefficient (Wildman–Crippen LogP) is 2.68. The van der Waals surface area contributed by atoms with Crippen LogP contribution in [0.5, 0.6) is 0 Å². The van der Waals surface area contributed by atoms with E-state index in [9.17, 15) is 4.79 Å². The van der Waals surface area contributed by atoms with E-state index in [1.807, 2.05) is 0 Å². The Labute approximate surface area is 111 Å². The molecule has 0 radical (unpaired) electrons. The molecule has 2 aromatic rings. The topological polar surface area (TPSA) is 80.9 Å². The van der Waals surface area contributed by atoms with E-state index in [-0.39, 0.29) is 21.6 Å². The Morgan fingerprint density at radius 3 is 2.76 bits per heavy atom. The normalized spacial score (nSPS) is 10.2. The van der Waals surface area contributed by atoms with Gasteiger partial charge in [-0.05, 0) is 12.1 Å². The van der Waals surface area contributed by atoms with Crippen molar-refractivity contribution in [3.05, 3.63) is 33.9 Å². The van der Waals surface area contributed by atoms with Crippen molar-refractivity contribution in [1.29, 1.82) is 0 Å². The van der Waals surface area contributed by atoms with Crippen molar-refractivity contribution < 1.29 is 4.79 Å². The molecule has 3 N–H and O–H groups in total. The van der Waals surface area contributed by atoms with Crippen molar-refractivity contribution in [2.45, 2.75) is 0 Å². The third kappa shape index (κ3) is 2.66. The molecule has 0 bridgehead atoms. The Morgan fingerprint density at radius 2 is 2.18 bits per heavy atom. The summed E-state index contributed by atoms with van der Waals surface area (Å²) in [5.41, 5.74) is 6.19. The summed E-state index contributed by atoms with van der Waals surface area (Å²) in [6.07, 6.45) is 1.45. The van der Waals surface area contributed by atoms with Crippen LogP contribution in [0.3, 0.4) is 0 Å². The summed E-state index contributed by atoms with van der Waals surface area (Å²) in [7, 11) is 0. The number of benzene rings is 1. The van der Waals surface area contributed by atoms with E-state index in [0.717, 1.165) is 11.5 Å². The Bertz CT molecular complexity index is 535. The van der Waals surface area contributed by atoms with Gasteiger partial charge in [-0.2, -0.15) is 0 Å². The number of nitrogens with one attached hydrogen (secondary N) is 1. The number of carbonyl (C=O) groups is 1. The molecule has 0 atom stereocenters. The van der Waals surface area contributed by atoms with E-state index in [2.05, 4.69) is 14.9 Å². The highest BCUT2D eigenvalue weighted by molar-refractivity contribution is 7.10. The van der Waals surface area contributed by atoms with E-state index in [4.69, 9.17) is 28.9 Å². The predicted molar refractivity (Wildman–Crippen MR) is 68.7 cm³/mol. The quantitative estimate of drug-likeness (QED) is 0.833. The minimum atomic E-state index is -0.346. The number of aromatic nitrogens is 2. The monoisotopic (exact) mass is 288 g/mol. The zero-order chi connectivity index (χ0) is 12.4. The van der Waals surface area contributed by atoms with Crippen LogP contribution in [0.15, 0.2) is 18.3 Å². The molecule has 0 aliphatic rings. The molecule has 2 rings (SSSR count). The van der Waals surface area contributed by atoms with Crippen molar-refractivity contribution in [2.24, 2.45) is 0 Å². The molecule has 0 saturated carbocycles. The van der Waals surface area contributed by atoms with Crippen molar-refractivity contribution in [1.82, 2.24) is 9.59 Å². The first-order chi connectivity index (χ1) is 8.08. The van der Waals surface area contributed by atoms with E-state index in [1.54, 1.807) is 0 Å². The summed E-state index contributed by atoms with van der Waals surface area (Å²) >= 11 is 12.7. The average molecular weight is 289 g/mol. The lowest BCUT2D eigenvalue weighted by atomic mass is 10.2. The zero-order valence-electron chi connectivity index (χ0n) is 8.28. The largest absolute Gasteiger partial charge is 0.397 e. The maximum Gasteiger partial charge on any atom is 0.256 e. The molecule has 0 aliphatic heterocycles. The molecular formula is C9H6Cl2N4OS. The van der Waals surface area contributed by atoms with Gasteiger partial charge >= 0.3 is 0 Å². The second kappa shape index (κ2) is 4.87. The number of hydrogen-bond donors (Lipinski definition) is 2. The molecule has 0 fully saturated rings. The summed E-state index contributed by atoms with van der Waals surface area (Å²) in [4.78, 5) is 11.8. The van der Waals surface area contributed by atoms with Gasteiger partial charge in [-0.1, -0.05) is 27.7 Å². The van der Waals surface area contributed by atoms with Gasteiger partial charge < -0.3 is 11.1 Å². The van der Waals surface area contributed by atoms with Gasteiger partial charge in [0.05, 0.1) is 21.9 Å². The van der Waals surface area contributed by atoms with Gasteiger partial charge in [0.2, 0.25) is 0 Å². The van der Waals surface area contributed by atoms with Gasteiger partial charge in [0.25, 0.3) is 5.91 Å². The number of nitrogens with zero attached hydrogens (tertiary/aromatic N) is 2. The Kier molecular flexibility index (Phi) is 3.46. The van der Waals surface area contributed by atoms with Gasteiger partial charge in [0.15, 0.2) is 0 Å². The lowest BCUT2D eigenvalue weighted by molar-refractivity contribution is 0.102. The smallest absolute Gasteiger partial charge is 0.256 e. The van der Waals surface area contributed by atoms with E-state index in [0.29, 0.717) is 10.6 Å². The Morgan fingerprint density at radius 1 is 1.41 bits per heavy atom. The third-order valence-electron chi connectivity index (χ3n) is 1.92. The minimum absolute atomic E-state index is 0.235. The van der Waals surface area contributed by atoms with Crippen molar-refractivity contribution in [2.75, 3.05) is 11.1 Å². The van der Waals surface area contributed by atoms with E-state index < -0.39 is 0 Å². The highest BCUT2D eigenvalue weighted by atomic mass is 35.5. The van der Waals surface area contributed by atoms with Gasteiger partial charge in [0.1, 0.15) is 5.00 Å². The van der Waals surface area contributed by atoms with E-state index >= 15 is 0 Å². The summed E-state index contributed by atoms with van der Waals surface area (Å²) in [6, 6.07) is 2.90. The molecule has 1 heterocycles. The van der Waals surface area contributed by atoms with Gasteiger partial charge in [-0.15, -0.1) is 5.10 Å². The third-order valence-corrected chi connectivity index (χ3v) is 3.31. The van der Waals surface area contributed by atoms with Crippen LogP contribution in [0.25, 0.3) is 0 Å². The van der Waals surface area contributed by atoms with Crippen molar-refractivity contribution in [3.8, 4) is 0 Å². The minimum Gasteiger partial charge on any atom is -0.397 e. The molecule has 5 nitrogen and oxygen atoms in total. The highest BCUT2D eigenvalue weighted by Crippen LogP contribution is 2.29. The fourth-order valence-electron chi connectivity index (χ4n) is 1.15. The highest BCUT2D eigenvalue weighted by Gasteiger charge is 2.12. The molecule has 0 saturated heterocycles. The average Bonchev–Trinajstić information content (AvgIpc) is 2.77. The maximum absolute atomic E-state index is 11.8. The van der Waals surface area contributed by atoms with Gasteiger partial charge in [0, 0.05) is 17.1 Å². The first kappa shape index (κ1) is 12.1. The SMILES string of the molecule is Nc1cc(C(=O)Nc2cnns2)cc(Cl)c1Cl. The van der Waals surface area contributed by atoms with Crippen LogP contribution in [0, 0.1) is 0 Å². The molecule has 1 aromatic carbocycles. The summed E-state index contributed by atoms with van der Waals surface area (Å²) in [6.45, 7) is 0. The number of anilines is 2. The fourth-order valence-corrected chi connectivity index (χ4v) is 1.90. The van der Waals surface area contributed by atoms with Crippen LogP contribution in [-0.2, 0) is 0 Å². The molecule has 88 valence electrons. The second-order valence-corrected chi connectivity index (χ2v) is 4.67. The molecular weight excluding hydrogens is 283 g/mol. The standard InChI is InChI=1S/C9H6Cl2N4OS/c10-5-1-4(2-6(12)8(5)11)9(16)14-7-3-13-15-17-7/h1-3H,12H2,(H,14,16). The molecule has 8 heteroatoms. The van der Waals surface area contributed by atoms with E-state index in [1.165, 1.54) is 18.3 Å². The number of carbonyl (C=O) groups excluding carboxylic acids is 1. The molecule has 17 heavy (non-hydrogen) atoms. The Balaban J connectivity index is 2.26. The number of hydrogen-bond acceptors (Lipinski definition) is 5. The molecule has 1 aromatic heterocycles. The van der Waals surface area contributed by atoms with Crippen LogP contribution in [-0.4, -0.2) is 15.5 Å². The molecule has 0 unspecified atom stereocenters. The first-order valence-corrected chi connectivity index (χ1v) is 5.94. The van der Waals surface area contributed by atoms with Crippen LogP contribution < -0.4 is 11.1 Å².